The van der Waals surface area contributed by atoms with Crippen LogP contribution in [0, 0.1) is 5.82 Å². The smallest absolute Gasteiger partial charge is 0.274 e. The van der Waals surface area contributed by atoms with Crippen LogP contribution in [0.25, 0.3) is 0 Å². The zero-order valence-corrected chi connectivity index (χ0v) is 17.2. The molecule has 1 aliphatic heterocycles. The second-order valence-electron chi connectivity index (χ2n) is 8.38. The SMILES string of the molecule is CC(C)N1c2ccc(/C=N\NC(=O)c3ccccc3F)cc2[C@H](C)CC1(C)C. The first-order valence-electron chi connectivity index (χ1n) is 9.72. The average Bonchev–Trinajstić information content (AvgIpc) is 2.61. The van der Waals surface area contributed by atoms with Crippen LogP contribution >= 0.6 is 0 Å². The lowest BCUT2D eigenvalue weighted by atomic mass is 9.79. The Bertz CT molecular complexity index is 904. The molecule has 1 atom stereocenters. The van der Waals surface area contributed by atoms with Gasteiger partial charge in [0.2, 0.25) is 0 Å². The van der Waals surface area contributed by atoms with Crippen molar-refractivity contribution in [3.63, 3.8) is 0 Å². The first-order valence-corrected chi connectivity index (χ1v) is 9.72. The van der Waals surface area contributed by atoms with Gasteiger partial charge < -0.3 is 4.90 Å². The molecule has 5 heteroatoms. The lowest BCUT2D eigenvalue weighted by Gasteiger charge is -2.50. The second-order valence-corrected chi connectivity index (χ2v) is 8.38. The van der Waals surface area contributed by atoms with Crippen molar-refractivity contribution in [2.75, 3.05) is 4.90 Å². The number of carbonyl (C=O) groups excluding carboxylic acids is 1. The summed E-state index contributed by atoms with van der Waals surface area (Å²) in [5, 5.41) is 4.01. The summed E-state index contributed by atoms with van der Waals surface area (Å²) in [6.45, 7) is 11.3. The molecule has 0 unspecified atom stereocenters. The van der Waals surface area contributed by atoms with E-state index in [2.05, 4.69) is 62.2 Å². The topological polar surface area (TPSA) is 44.7 Å². The van der Waals surface area contributed by atoms with Gasteiger partial charge in [0.1, 0.15) is 5.82 Å². The van der Waals surface area contributed by atoms with Crippen molar-refractivity contribution in [1.29, 1.82) is 0 Å². The van der Waals surface area contributed by atoms with Crippen LogP contribution in [0.3, 0.4) is 0 Å². The highest BCUT2D eigenvalue weighted by molar-refractivity contribution is 5.95. The summed E-state index contributed by atoms with van der Waals surface area (Å²) in [5.41, 5.74) is 5.93. The molecule has 148 valence electrons. The zero-order chi connectivity index (χ0) is 20.5. The Balaban J connectivity index is 1.80. The molecule has 0 radical (unpaired) electrons. The molecule has 1 heterocycles. The van der Waals surface area contributed by atoms with Gasteiger partial charge in [-0.25, -0.2) is 9.82 Å². The van der Waals surface area contributed by atoms with E-state index in [0.717, 1.165) is 12.0 Å². The highest BCUT2D eigenvalue weighted by Gasteiger charge is 2.37. The number of hydrogen-bond donors (Lipinski definition) is 1. The molecule has 2 aromatic carbocycles. The Morgan fingerprint density at radius 3 is 2.68 bits per heavy atom. The van der Waals surface area contributed by atoms with Crippen LogP contribution in [-0.4, -0.2) is 23.7 Å². The number of nitrogens with zero attached hydrogens (tertiary/aromatic N) is 2. The van der Waals surface area contributed by atoms with Crippen molar-refractivity contribution in [2.45, 2.75) is 58.5 Å². The van der Waals surface area contributed by atoms with Crippen molar-refractivity contribution >= 4 is 17.8 Å². The Morgan fingerprint density at radius 1 is 1.29 bits per heavy atom. The van der Waals surface area contributed by atoms with Crippen LogP contribution in [0.4, 0.5) is 10.1 Å². The summed E-state index contributed by atoms with van der Waals surface area (Å²) >= 11 is 0. The van der Waals surface area contributed by atoms with E-state index in [1.54, 1.807) is 18.3 Å². The fraction of sp³-hybridized carbons (Fsp3) is 0.391. The molecule has 0 saturated heterocycles. The lowest BCUT2D eigenvalue weighted by Crippen LogP contribution is -2.51. The second kappa shape index (κ2) is 7.74. The van der Waals surface area contributed by atoms with E-state index in [1.807, 2.05) is 6.07 Å². The number of hydrazone groups is 1. The Kier molecular flexibility index (Phi) is 5.54. The van der Waals surface area contributed by atoms with E-state index in [0.29, 0.717) is 12.0 Å². The Hall–Kier alpha value is -2.69. The standard InChI is InChI=1S/C23H28FN3O/c1-15(2)27-21-11-10-17(12-19(21)16(3)13-23(27,4)5)14-25-26-22(28)18-8-6-7-9-20(18)24/h6-12,14-16H,13H2,1-5H3,(H,26,28)/b25-14-/t16-/m1/s1. The third-order valence-electron chi connectivity index (χ3n) is 5.31. The zero-order valence-electron chi connectivity index (χ0n) is 17.2. The highest BCUT2D eigenvalue weighted by Crippen LogP contribution is 2.44. The molecule has 0 saturated carbocycles. The summed E-state index contributed by atoms with van der Waals surface area (Å²) in [6.07, 6.45) is 2.67. The normalized spacial score (nSPS) is 18.4. The van der Waals surface area contributed by atoms with E-state index < -0.39 is 11.7 Å². The molecule has 1 N–H and O–H groups in total. The minimum atomic E-state index is -0.562. The minimum absolute atomic E-state index is 0.0199. The average molecular weight is 381 g/mol. The van der Waals surface area contributed by atoms with E-state index >= 15 is 0 Å². The van der Waals surface area contributed by atoms with Gasteiger partial charge in [-0.1, -0.05) is 25.1 Å². The van der Waals surface area contributed by atoms with Crippen LogP contribution in [0.1, 0.15) is 68.4 Å². The van der Waals surface area contributed by atoms with Gasteiger partial charge in [-0.3, -0.25) is 4.79 Å². The van der Waals surface area contributed by atoms with Gasteiger partial charge >= 0.3 is 0 Å². The predicted octanol–water partition coefficient (Wildman–Crippen LogP) is 5.09. The number of carbonyl (C=O) groups is 1. The lowest BCUT2D eigenvalue weighted by molar-refractivity contribution is 0.0951. The number of hydrogen-bond acceptors (Lipinski definition) is 3. The van der Waals surface area contributed by atoms with Crippen molar-refractivity contribution in [1.82, 2.24) is 5.43 Å². The van der Waals surface area contributed by atoms with Crippen LogP contribution in [0.5, 0.6) is 0 Å². The molecule has 1 aliphatic rings. The van der Waals surface area contributed by atoms with Gasteiger partial charge in [0, 0.05) is 17.3 Å². The Morgan fingerprint density at radius 2 is 2.00 bits per heavy atom. The summed E-state index contributed by atoms with van der Waals surface area (Å²) in [6, 6.07) is 12.5. The van der Waals surface area contributed by atoms with E-state index in [4.69, 9.17) is 0 Å². The molecule has 0 spiro atoms. The first-order chi connectivity index (χ1) is 13.2. The van der Waals surface area contributed by atoms with Crippen LogP contribution in [-0.2, 0) is 0 Å². The maximum absolute atomic E-state index is 13.7. The van der Waals surface area contributed by atoms with E-state index in [1.165, 1.54) is 23.4 Å². The molecule has 28 heavy (non-hydrogen) atoms. The number of rotatable bonds is 4. The molecule has 0 aliphatic carbocycles. The van der Waals surface area contributed by atoms with Gasteiger partial charge in [-0.2, -0.15) is 5.10 Å². The van der Waals surface area contributed by atoms with Gasteiger partial charge in [-0.05, 0) is 75.4 Å². The number of halogens is 1. The molecule has 0 bridgehead atoms. The van der Waals surface area contributed by atoms with Crippen LogP contribution in [0.15, 0.2) is 47.6 Å². The molecule has 0 aromatic heterocycles. The largest absolute Gasteiger partial charge is 0.364 e. The fourth-order valence-electron chi connectivity index (χ4n) is 4.40. The number of nitrogens with one attached hydrogen (secondary N) is 1. The molecular weight excluding hydrogens is 353 g/mol. The predicted molar refractivity (Wildman–Crippen MR) is 113 cm³/mol. The third kappa shape index (κ3) is 3.93. The van der Waals surface area contributed by atoms with E-state index in [9.17, 15) is 9.18 Å². The first kappa shape index (κ1) is 20.1. The van der Waals surface area contributed by atoms with Gasteiger partial charge in [0.25, 0.3) is 5.91 Å². The fourth-order valence-corrected chi connectivity index (χ4v) is 4.40. The minimum Gasteiger partial charge on any atom is -0.364 e. The van der Waals surface area contributed by atoms with Crippen molar-refractivity contribution in [2.24, 2.45) is 5.10 Å². The highest BCUT2D eigenvalue weighted by atomic mass is 19.1. The number of anilines is 1. The summed E-state index contributed by atoms with van der Waals surface area (Å²) in [7, 11) is 0. The van der Waals surface area contributed by atoms with Gasteiger partial charge in [0.15, 0.2) is 0 Å². The third-order valence-corrected chi connectivity index (χ3v) is 5.31. The maximum atomic E-state index is 13.7. The van der Waals surface area contributed by atoms with Crippen molar-refractivity contribution < 1.29 is 9.18 Å². The summed E-state index contributed by atoms with van der Waals surface area (Å²) in [4.78, 5) is 14.5. The number of benzene rings is 2. The molecular formula is C23H28FN3O. The summed E-state index contributed by atoms with van der Waals surface area (Å²) in [5.74, 6) is -0.691. The molecule has 1 amide bonds. The molecule has 0 fully saturated rings. The maximum Gasteiger partial charge on any atom is 0.274 e. The van der Waals surface area contributed by atoms with Crippen LogP contribution in [0.2, 0.25) is 0 Å². The monoisotopic (exact) mass is 381 g/mol. The number of amides is 1. The van der Waals surface area contributed by atoms with Crippen molar-refractivity contribution in [3.05, 3.63) is 65.0 Å². The van der Waals surface area contributed by atoms with E-state index in [-0.39, 0.29) is 11.1 Å². The summed E-state index contributed by atoms with van der Waals surface area (Å²) < 4.78 is 13.7. The molecule has 4 nitrogen and oxygen atoms in total. The van der Waals surface area contributed by atoms with Crippen molar-refractivity contribution in [3.8, 4) is 0 Å². The van der Waals surface area contributed by atoms with Gasteiger partial charge in [-0.15, -0.1) is 0 Å². The quantitative estimate of drug-likeness (QED) is 0.592. The molecule has 3 rings (SSSR count). The van der Waals surface area contributed by atoms with Gasteiger partial charge in [0.05, 0.1) is 11.8 Å². The Labute approximate surface area is 166 Å². The number of fused-ring (bicyclic) bond motifs is 1. The molecule has 2 aromatic rings. The van der Waals surface area contributed by atoms with Crippen LogP contribution < -0.4 is 10.3 Å².